The van der Waals surface area contributed by atoms with Crippen LogP contribution < -0.4 is 10.1 Å². The second-order valence-corrected chi connectivity index (χ2v) is 6.54. The lowest BCUT2D eigenvalue weighted by molar-refractivity contribution is -0.132. The Hall–Kier alpha value is -1.73. The van der Waals surface area contributed by atoms with Crippen molar-refractivity contribution in [3.63, 3.8) is 0 Å². The lowest BCUT2D eigenvalue weighted by atomic mass is 9.92. The van der Waals surface area contributed by atoms with Crippen LogP contribution >= 0.6 is 0 Å². The lowest BCUT2D eigenvalue weighted by Gasteiger charge is -2.30. The molecular weight excluding hydrogens is 332 g/mol. The van der Waals surface area contributed by atoms with Gasteiger partial charge in [-0.15, -0.1) is 0 Å². The molecule has 0 spiro atoms. The number of hydrogen-bond donors (Lipinski definition) is 1. The van der Waals surface area contributed by atoms with Gasteiger partial charge in [0.1, 0.15) is 17.4 Å². The van der Waals surface area contributed by atoms with Crippen LogP contribution in [0.15, 0.2) is 18.2 Å². The van der Waals surface area contributed by atoms with Crippen molar-refractivity contribution >= 4 is 5.91 Å². The molecule has 25 heavy (non-hydrogen) atoms. The van der Waals surface area contributed by atoms with Crippen molar-refractivity contribution < 1.29 is 27.8 Å². The second-order valence-electron chi connectivity index (χ2n) is 6.54. The molecule has 0 radical (unpaired) electrons. The van der Waals surface area contributed by atoms with Gasteiger partial charge in [-0.3, -0.25) is 4.79 Å². The quantitative estimate of drug-likeness (QED) is 0.882. The summed E-state index contributed by atoms with van der Waals surface area (Å²) in [4.78, 5) is 12.1. The molecule has 1 aromatic carbocycles. The van der Waals surface area contributed by atoms with Gasteiger partial charge in [0, 0.05) is 24.2 Å². The Morgan fingerprint density at radius 1 is 1.12 bits per heavy atom. The van der Waals surface area contributed by atoms with Crippen LogP contribution in [0.5, 0.6) is 5.75 Å². The molecule has 7 heteroatoms. The molecule has 1 saturated heterocycles. The van der Waals surface area contributed by atoms with E-state index in [1.165, 1.54) is 12.1 Å². The van der Waals surface area contributed by atoms with Crippen molar-refractivity contribution in [3.8, 4) is 5.75 Å². The molecule has 2 aliphatic rings. The normalized spacial score (nSPS) is 26.9. The Bertz CT molecular complexity index is 564. The van der Waals surface area contributed by atoms with Crippen molar-refractivity contribution in [2.45, 2.75) is 50.4 Å². The van der Waals surface area contributed by atoms with Crippen LogP contribution in [0.25, 0.3) is 0 Å². The average molecular weight is 355 g/mol. The fourth-order valence-corrected chi connectivity index (χ4v) is 3.26. The highest BCUT2D eigenvalue weighted by molar-refractivity contribution is 5.76. The third-order valence-electron chi connectivity index (χ3n) is 4.48. The maximum absolute atomic E-state index is 13.2. The van der Waals surface area contributed by atoms with E-state index in [0.717, 1.165) is 31.7 Å². The molecule has 1 unspecified atom stereocenters. The van der Waals surface area contributed by atoms with Crippen molar-refractivity contribution in [1.29, 1.82) is 0 Å². The van der Waals surface area contributed by atoms with Gasteiger partial charge >= 0.3 is 0 Å². The van der Waals surface area contributed by atoms with E-state index in [1.807, 2.05) is 0 Å². The summed E-state index contributed by atoms with van der Waals surface area (Å²) >= 11 is 0. The van der Waals surface area contributed by atoms with Crippen LogP contribution in [-0.4, -0.2) is 44.0 Å². The molecule has 3 rings (SSSR count). The summed E-state index contributed by atoms with van der Waals surface area (Å²) in [6, 6.07) is 3.29. The molecule has 1 aliphatic carbocycles. The van der Waals surface area contributed by atoms with Crippen molar-refractivity contribution in [2.75, 3.05) is 19.8 Å². The summed E-state index contributed by atoms with van der Waals surface area (Å²) in [5.74, 6) is -1.12. The monoisotopic (exact) mass is 355 g/mol. The maximum atomic E-state index is 13.2. The van der Waals surface area contributed by atoms with Crippen LogP contribution in [0.1, 0.15) is 32.1 Å². The summed E-state index contributed by atoms with van der Waals surface area (Å²) in [6.07, 6.45) is 3.05. The van der Waals surface area contributed by atoms with Gasteiger partial charge < -0.3 is 19.5 Å². The highest BCUT2D eigenvalue weighted by atomic mass is 19.1. The molecule has 1 atom stereocenters. The first kappa shape index (κ1) is 18.1. The molecule has 1 heterocycles. The minimum Gasteiger partial charge on any atom is -0.490 e. The van der Waals surface area contributed by atoms with Gasteiger partial charge in [0.05, 0.1) is 38.4 Å². The van der Waals surface area contributed by atoms with Crippen molar-refractivity contribution in [2.24, 2.45) is 0 Å². The molecule has 2 fully saturated rings. The Morgan fingerprint density at radius 2 is 1.84 bits per heavy atom. The molecule has 1 amide bonds. The van der Waals surface area contributed by atoms with E-state index < -0.39 is 11.6 Å². The highest BCUT2D eigenvalue weighted by Crippen LogP contribution is 2.25. The first-order valence-corrected chi connectivity index (χ1v) is 8.70. The summed E-state index contributed by atoms with van der Waals surface area (Å²) in [5, 5.41) is 3.02. The first-order chi connectivity index (χ1) is 12.1. The molecule has 0 bridgehead atoms. The van der Waals surface area contributed by atoms with Crippen LogP contribution in [0.4, 0.5) is 8.78 Å². The van der Waals surface area contributed by atoms with Crippen LogP contribution in [0.3, 0.4) is 0 Å². The van der Waals surface area contributed by atoms with Gasteiger partial charge in [0.2, 0.25) is 5.91 Å². The molecule has 1 N–H and O–H groups in total. The number of ether oxygens (including phenoxy) is 3. The molecule has 1 aromatic rings. The molecule has 5 nitrogen and oxygen atoms in total. The summed E-state index contributed by atoms with van der Waals surface area (Å²) < 4.78 is 42.8. The summed E-state index contributed by atoms with van der Waals surface area (Å²) in [5.41, 5.74) is 0. The first-order valence-electron chi connectivity index (χ1n) is 8.70. The fraction of sp³-hybridized carbons (Fsp3) is 0.611. The van der Waals surface area contributed by atoms with E-state index in [4.69, 9.17) is 14.2 Å². The van der Waals surface area contributed by atoms with Gasteiger partial charge in [-0.25, -0.2) is 8.78 Å². The maximum Gasteiger partial charge on any atom is 0.222 e. The number of carbonyl (C=O) groups excluding carboxylic acids is 1. The lowest BCUT2D eigenvalue weighted by Crippen LogP contribution is -2.42. The van der Waals surface area contributed by atoms with Crippen LogP contribution in [-0.2, 0) is 14.3 Å². The summed E-state index contributed by atoms with van der Waals surface area (Å²) in [6.45, 7) is 1.57. The van der Waals surface area contributed by atoms with Gasteiger partial charge in [-0.1, -0.05) is 0 Å². The van der Waals surface area contributed by atoms with E-state index in [9.17, 15) is 13.6 Å². The number of carbonyl (C=O) groups is 1. The molecule has 1 saturated carbocycles. The third-order valence-corrected chi connectivity index (χ3v) is 4.48. The Morgan fingerprint density at radius 3 is 2.48 bits per heavy atom. The van der Waals surface area contributed by atoms with Crippen LogP contribution in [0.2, 0.25) is 0 Å². The van der Waals surface area contributed by atoms with Crippen molar-refractivity contribution in [1.82, 2.24) is 5.32 Å². The molecule has 138 valence electrons. The number of halogens is 2. The number of rotatable bonds is 5. The van der Waals surface area contributed by atoms with Gasteiger partial charge in [0.15, 0.2) is 0 Å². The number of amides is 1. The van der Waals surface area contributed by atoms with Crippen LogP contribution in [0, 0.1) is 11.6 Å². The van der Waals surface area contributed by atoms with E-state index in [1.54, 1.807) is 0 Å². The fourth-order valence-electron chi connectivity index (χ4n) is 3.26. The van der Waals surface area contributed by atoms with E-state index in [-0.39, 0.29) is 29.9 Å². The Labute approximate surface area is 145 Å². The number of benzene rings is 1. The highest BCUT2D eigenvalue weighted by Gasteiger charge is 2.25. The van der Waals surface area contributed by atoms with E-state index in [0.29, 0.717) is 26.2 Å². The predicted molar refractivity (Wildman–Crippen MR) is 86.3 cm³/mol. The molecule has 1 aliphatic heterocycles. The average Bonchev–Trinajstić information content (AvgIpc) is 2.56. The largest absolute Gasteiger partial charge is 0.490 e. The standard InChI is InChI=1S/C18H23F2NO4/c19-12-7-13(20)9-16(8-12)25-15-3-1-14(2-4-15)21-18(22)10-17-11-23-5-6-24-17/h7-9,14-15,17H,1-6,10-11H2,(H,21,22). The molecule has 0 aromatic heterocycles. The minimum absolute atomic E-state index is 0.0351. The van der Waals surface area contributed by atoms with Gasteiger partial charge in [0.25, 0.3) is 0 Å². The third kappa shape index (κ3) is 5.64. The zero-order valence-corrected chi connectivity index (χ0v) is 14.0. The SMILES string of the molecule is O=C(CC1COCCO1)NC1CCC(Oc2cc(F)cc(F)c2)CC1. The van der Waals surface area contributed by atoms with Gasteiger partial charge in [-0.2, -0.15) is 0 Å². The minimum atomic E-state index is -0.648. The molecular formula is C18H23F2NO4. The number of hydrogen-bond acceptors (Lipinski definition) is 4. The Kier molecular flexibility index (Phi) is 6.20. The zero-order chi connectivity index (χ0) is 17.6. The Balaban J connectivity index is 1.40. The van der Waals surface area contributed by atoms with E-state index in [2.05, 4.69) is 5.32 Å². The van der Waals surface area contributed by atoms with E-state index >= 15 is 0 Å². The zero-order valence-electron chi connectivity index (χ0n) is 14.0. The predicted octanol–water partition coefficient (Wildman–Crippen LogP) is 2.58. The summed E-state index contributed by atoms with van der Waals surface area (Å²) in [7, 11) is 0. The smallest absolute Gasteiger partial charge is 0.222 e. The second kappa shape index (κ2) is 8.58. The van der Waals surface area contributed by atoms with Gasteiger partial charge in [-0.05, 0) is 25.7 Å². The van der Waals surface area contributed by atoms with Crippen molar-refractivity contribution in [3.05, 3.63) is 29.8 Å². The topological polar surface area (TPSA) is 56.8 Å². The number of nitrogens with one attached hydrogen (secondary N) is 1.